The quantitative estimate of drug-likeness (QED) is 0.804. The van der Waals surface area contributed by atoms with Crippen LogP contribution in [0.5, 0.6) is 0 Å². The van der Waals surface area contributed by atoms with E-state index in [1.165, 1.54) is 0 Å². The van der Waals surface area contributed by atoms with Gasteiger partial charge < -0.3 is 10.8 Å². The highest BCUT2D eigenvalue weighted by atomic mass is 35.5. The van der Waals surface area contributed by atoms with E-state index in [2.05, 4.69) is 0 Å². The van der Waals surface area contributed by atoms with Crippen LogP contribution in [-0.2, 0) is 0 Å². The van der Waals surface area contributed by atoms with Gasteiger partial charge >= 0.3 is 5.97 Å². The molecular formula is C13H12ClNO2. The fourth-order valence-corrected chi connectivity index (χ4v) is 1.51. The standard InChI is InChI=1S/C13H11NO2.ClH/c14-12-6-4-9(5-7-12)10-2-1-3-11(8-10)13(15)16;/h1-8H,14H2,(H,15,16);1H. The first-order valence-electron chi connectivity index (χ1n) is 4.86. The minimum Gasteiger partial charge on any atom is -0.478 e. The molecule has 0 aromatic heterocycles. The number of hydrogen-bond acceptors (Lipinski definition) is 2. The molecule has 0 atom stereocenters. The fraction of sp³-hybridized carbons (Fsp3) is 0. The highest BCUT2D eigenvalue weighted by Crippen LogP contribution is 2.21. The van der Waals surface area contributed by atoms with Crippen molar-refractivity contribution in [1.29, 1.82) is 0 Å². The lowest BCUT2D eigenvalue weighted by molar-refractivity contribution is 0.0697. The summed E-state index contributed by atoms with van der Waals surface area (Å²) in [6, 6.07) is 14.2. The van der Waals surface area contributed by atoms with Crippen LogP contribution in [-0.4, -0.2) is 11.1 Å². The lowest BCUT2D eigenvalue weighted by Gasteiger charge is -2.03. The van der Waals surface area contributed by atoms with Crippen LogP contribution < -0.4 is 5.73 Å². The predicted molar refractivity (Wildman–Crippen MR) is 70.5 cm³/mol. The number of benzene rings is 2. The van der Waals surface area contributed by atoms with Crippen LogP contribution in [0.15, 0.2) is 48.5 Å². The molecule has 0 spiro atoms. The number of hydrogen-bond donors (Lipinski definition) is 2. The second-order valence-electron chi connectivity index (χ2n) is 3.51. The van der Waals surface area contributed by atoms with Gasteiger partial charge in [0.25, 0.3) is 0 Å². The predicted octanol–water partition coefficient (Wildman–Crippen LogP) is 3.06. The summed E-state index contributed by atoms with van der Waals surface area (Å²) in [6.07, 6.45) is 0. The first kappa shape index (κ1) is 13.1. The van der Waals surface area contributed by atoms with Crippen molar-refractivity contribution in [3.63, 3.8) is 0 Å². The molecule has 0 aliphatic rings. The molecule has 3 nitrogen and oxygen atoms in total. The van der Waals surface area contributed by atoms with Crippen molar-refractivity contribution in [2.45, 2.75) is 0 Å². The largest absolute Gasteiger partial charge is 0.478 e. The SMILES string of the molecule is Cl.Nc1ccc(-c2cccc(C(=O)O)c2)cc1. The topological polar surface area (TPSA) is 63.3 Å². The van der Waals surface area contributed by atoms with Crippen molar-refractivity contribution in [2.24, 2.45) is 0 Å². The Hall–Kier alpha value is -2.00. The minimum absolute atomic E-state index is 0. The molecule has 0 saturated heterocycles. The van der Waals surface area contributed by atoms with Crippen molar-refractivity contribution in [3.8, 4) is 11.1 Å². The van der Waals surface area contributed by atoms with Gasteiger partial charge in [0.05, 0.1) is 5.56 Å². The van der Waals surface area contributed by atoms with Gasteiger partial charge in [-0.25, -0.2) is 4.79 Å². The highest BCUT2D eigenvalue weighted by Gasteiger charge is 2.04. The van der Waals surface area contributed by atoms with Gasteiger partial charge in [0, 0.05) is 5.69 Å². The molecular weight excluding hydrogens is 238 g/mol. The van der Waals surface area contributed by atoms with E-state index in [-0.39, 0.29) is 18.0 Å². The number of carboxylic acid groups (broad SMARTS) is 1. The van der Waals surface area contributed by atoms with Gasteiger partial charge in [0.1, 0.15) is 0 Å². The molecule has 0 aliphatic carbocycles. The fourth-order valence-electron chi connectivity index (χ4n) is 1.51. The number of carbonyl (C=O) groups is 1. The lowest BCUT2D eigenvalue weighted by atomic mass is 10.0. The van der Waals surface area contributed by atoms with E-state index in [0.717, 1.165) is 11.1 Å². The third-order valence-electron chi connectivity index (χ3n) is 2.35. The summed E-state index contributed by atoms with van der Waals surface area (Å²) in [5.74, 6) is -0.919. The zero-order valence-corrected chi connectivity index (χ0v) is 9.78. The van der Waals surface area contributed by atoms with E-state index in [9.17, 15) is 4.79 Å². The molecule has 0 amide bonds. The summed E-state index contributed by atoms with van der Waals surface area (Å²) < 4.78 is 0. The van der Waals surface area contributed by atoms with E-state index in [0.29, 0.717) is 5.69 Å². The Morgan fingerprint density at radius 1 is 1.00 bits per heavy atom. The van der Waals surface area contributed by atoms with Crippen molar-refractivity contribution in [2.75, 3.05) is 5.73 Å². The normalized spacial score (nSPS) is 9.41. The van der Waals surface area contributed by atoms with Crippen LogP contribution in [0.2, 0.25) is 0 Å². The first-order valence-corrected chi connectivity index (χ1v) is 4.86. The molecule has 0 radical (unpaired) electrons. The molecule has 0 saturated carbocycles. The number of aromatic carboxylic acids is 1. The second-order valence-corrected chi connectivity index (χ2v) is 3.51. The smallest absolute Gasteiger partial charge is 0.335 e. The summed E-state index contributed by atoms with van der Waals surface area (Å²) >= 11 is 0. The Kier molecular flexibility index (Phi) is 4.12. The molecule has 0 bridgehead atoms. The Morgan fingerprint density at radius 2 is 1.65 bits per heavy atom. The van der Waals surface area contributed by atoms with Crippen LogP contribution >= 0.6 is 12.4 Å². The molecule has 2 aromatic carbocycles. The molecule has 0 heterocycles. The number of anilines is 1. The van der Waals surface area contributed by atoms with Gasteiger partial charge in [-0.3, -0.25) is 0 Å². The summed E-state index contributed by atoms with van der Waals surface area (Å²) in [6.45, 7) is 0. The van der Waals surface area contributed by atoms with Crippen LogP contribution in [0.1, 0.15) is 10.4 Å². The first-order chi connectivity index (χ1) is 7.66. The van der Waals surface area contributed by atoms with Crippen LogP contribution in [0.4, 0.5) is 5.69 Å². The average Bonchev–Trinajstić information content (AvgIpc) is 2.30. The Morgan fingerprint density at radius 3 is 2.24 bits per heavy atom. The average molecular weight is 250 g/mol. The zero-order chi connectivity index (χ0) is 11.5. The Labute approximate surface area is 105 Å². The van der Waals surface area contributed by atoms with Gasteiger partial charge in [-0.05, 0) is 35.4 Å². The summed E-state index contributed by atoms with van der Waals surface area (Å²) in [5, 5.41) is 8.88. The van der Waals surface area contributed by atoms with Gasteiger partial charge in [-0.1, -0.05) is 24.3 Å². The Bertz CT molecular complexity index is 523. The van der Waals surface area contributed by atoms with E-state index in [4.69, 9.17) is 10.8 Å². The third-order valence-corrected chi connectivity index (χ3v) is 2.35. The van der Waals surface area contributed by atoms with Gasteiger partial charge in [0.15, 0.2) is 0 Å². The van der Waals surface area contributed by atoms with Gasteiger partial charge in [-0.2, -0.15) is 0 Å². The van der Waals surface area contributed by atoms with Crippen LogP contribution in [0.25, 0.3) is 11.1 Å². The summed E-state index contributed by atoms with van der Waals surface area (Å²) in [4.78, 5) is 10.8. The Balaban J connectivity index is 0.00000144. The van der Waals surface area contributed by atoms with Crippen molar-refractivity contribution in [1.82, 2.24) is 0 Å². The highest BCUT2D eigenvalue weighted by molar-refractivity contribution is 5.89. The number of rotatable bonds is 2. The van der Waals surface area contributed by atoms with Crippen molar-refractivity contribution in [3.05, 3.63) is 54.1 Å². The molecule has 0 aliphatic heterocycles. The molecule has 17 heavy (non-hydrogen) atoms. The zero-order valence-electron chi connectivity index (χ0n) is 8.96. The third kappa shape index (κ3) is 2.98. The molecule has 2 rings (SSSR count). The molecule has 3 N–H and O–H groups in total. The molecule has 0 unspecified atom stereocenters. The number of nitrogen functional groups attached to an aromatic ring is 1. The van der Waals surface area contributed by atoms with Gasteiger partial charge in [0.2, 0.25) is 0 Å². The van der Waals surface area contributed by atoms with E-state index in [1.54, 1.807) is 30.3 Å². The molecule has 0 fully saturated rings. The van der Waals surface area contributed by atoms with E-state index < -0.39 is 5.97 Å². The lowest BCUT2D eigenvalue weighted by Crippen LogP contribution is -1.95. The van der Waals surface area contributed by atoms with Crippen molar-refractivity contribution >= 4 is 24.1 Å². The maximum Gasteiger partial charge on any atom is 0.335 e. The summed E-state index contributed by atoms with van der Waals surface area (Å²) in [5.41, 5.74) is 8.40. The number of nitrogens with two attached hydrogens (primary N) is 1. The number of halogens is 1. The van der Waals surface area contributed by atoms with Crippen LogP contribution in [0, 0.1) is 0 Å². The monoisotopic (exact) mass is 249 g/mol. The van der Waals surface area contributed by atoms with Crippen LogP contribution in [0.3, 0.4) is 0 Å². The van der Waals surface area contributed by atoms with E-state index >= 15 is 0 Å². The molecule has 88 valence electrons. The minimum atomic E-state index is -0.919. The second kappa shape index (κ2) is 5.37. The summed E-state index contributed by atoms with van der Waals surface area (Å²) in [7, 11) is 0. The maximum atomic E-state index is 10.8. The van der Waals surface area contributed by atoms with Crippen molar-refractivity contribution < 1.29 is 9.90 Å². The maximum absolute atomic E-state index is 10.8. The van der Waals surface area contributed by atoms with E-state index in [1.807, 2.05) is 18.2 Å². The number of carboxylic acids is 1. The molecule has 2 aromatic rings. The molecule has 4 heteroatoms. The van der Waals surface area contributed by atoms with Gasteiger partial charge in [-0.15, -0.1) is 12.4 Å².